The van der Waals surface area contributed by atoms with Crippen LogP contribution in [0.15, 0.2) is 78.9 Å². The minimum atomic E-state index is -0.761. The molecule has 2 fully saturated rings. The Kier molecular flexibility index (Phi) is 26.1. The first-order chi connectivity index (χ1) is 21.8. The van der Waals surface area contributed by atoms with Gasteiger partial charge < -0.3 is 30.9 Å². The smallest absolute Gasteiger partial charge is 1.00 e. The molecular weight excluding hydrogens is 667 g/mol. The molecule has 2 aliphatic rings. The van der Waals surface area contributed by atoms with Crippen LogP contribution < -0.4 is 118 Å². The first-order valence-corrected chi connectivity index (χ1v) is 15.4. The molecular formula is C37H48K2O9. The minimum absolute atomic E-state index is 0. The zero-order valence-corrected chi connectivity index (χ0v) is 34.2. The Morgan fingerprint density at radius 3 is 1.67 bits per heavy atom. The van der Waals surface area contributed by atoms with Crippen molar-refractivity contribution in [1.82, 2.24) is 0 Å². The van der Waals surface area contributed by atoms with Gasteiger partial charge in [0.05, 0.1) is 25.0 Å². The summed E-state index contributed by atoms with van der Waals surface area (Å²) in [6.07, 6.45) is 8.33. The Balaban J connectivity index is 0. The molecule has 2 atom stereocenters. The molecule has 0 amide bonds. The molecule has 0 heterocycles. The van der Waals surface area contributed by atoms with Gasteiger partial charge in [-0.3, -0.25) is 14.4 Å². The van der Waals surface area contributed by atoms with Gasteiger partial charge in [0.25, 0.3) is 6.47 Å². The average molecular weight is 715 g/mol. The zero-order valence-electron chi connectivity index (χ0n) is 29.0. The molecule has 0 spiro atoms. The van der Waals surface area contributed by atoms with Gasteiger partial charge in [0, 0.05) is 0 Å². The van der Waals surface area contributed by atoms with Gasteiger partial charge in [0.1, 0.15) is 18.1 Å². The van der Waals surface area contributed by atoms with Crippen LogP contribution in [0, 0.1) is 0 Å². The van der Waals surface area contributed by atoms with E-state index in [4.69, 9.17) is 29.4 Å². The third kappa shape index (κ3) is 18.2. The number of carbonyl (C=O) groups is 3. The number of carbonyl (C=O) groups excluding carboxylic acids is 2. The van der Waals surface area contributed by atoms with Crippen LogP contribution in [0.5, 0.6) is 11.5 Å². The van der Waals surface area contributed by atoms with Crippen LogP contribution in [0.1, 0.15) is 103 Å². The van der Waals surface area contributed by atoms with Crippen molar-refractivity contribution >= 4 is 18.4 Å². The van der Waals surface area contributed by atoms with E-state index in [1.807, 2.05) is 92.7 Å². The van der Waals surface area contributed by atoms with Crippen LogP contribution in [-0.4, -0.2) is 35.7 Å². The Hall–Kier alpha value is -1.10. The minimum Gasteiger partial charge on any atom is -1.00 e. The molecule has 0 radical (unpaired) electrons. The van der Waals surface area contributed by atoms with E-state index in [2.05, 4.69) is 4.89 Å². The number of carboxylic acids is 1. The first-order valence-electron chi connectivity index (χ1n) is 15.4. The molecule has 2 saturated carbocycles. The van der Waals surface area contributed by atoms with E-state index in [0.29, 0.717) is 25.2 Å². The molecule has 0 aromatic heterocycles. The van der Waals surface area contributed by atoms with Crippen molar-refractivity contribution in [1.29, 1.82) is 0 Å². The van der Waals surface area contributed by atoms with Crippen molar-refractivity contribution in [3.63, 3.8) is 0 Å². The van der Waals surface area contributed by atoms with Crippen LogP contribution in [0.4, 0.5) is 0 Å². The molecule has 48 heavy (non-hydrogen) atoms. The molecule has 252 valence electrons. The normalized spacial score (nSPS) is 14.2. The Morgan fingerprint density at radius 1 is 0.812 bits per heavy atom. The van der Waals surface area contributed by atoms with Crippen molar-refractivity contribution < 1.29 is 148 Å². The number of hydrogen-bond acceptors (Lipinski definition) is 8. The monoisotopic (exact) mass is 714 g/mol. The Bertz CT molecular complexity index is 1340. The summed E-state index contributed by atoms with van der Waals surface area (Å²) >= 11 is 0. The predicted molar refractivity (Wildman–Crippen MR) is 174 cm³/mol. The SMILES string of the molecule is C.CC(CC(=O)O)c1cccc(OC2CCC2)c1.CC(CC(=O)OCc1ccccc1)c1cccc(OC2CCC2)c1.O=CO[O-].[H-].[K+].[K+]. The molecule has 0 saturated heterocycles. The van der Waals surface area contributed by atoms with E-state index in [1.165, 1.54) is 12.8 Å². The molecule has 1 N–H and O–H groups in total. The van der Waals surface area contributed by atoms with Gasteiger partial charge in [0.2, 0.25) is 0 Å². The summed E-state index contributed by atoms with van der Waals surface area (Å²) in [7, 11) is 0. The summed E-state index contributed by atoms with van der Waals surface area (Å²) in [6.45, 7) is 4.13. The summed E-state index contributed by atoms with van der Waals surface area (Å²) in [5.41, 5.74) is 3.15. The van der Waals surface area contributed by atoms with Crippen molar-refractivity contribution in [2.24, 2.45) is 0 Å². The molecule has 3 aromatic rings. The fourth-order valence-corrected chi connectivity index (χ4v) is 4.70. The summed E-state index contributed by atoms with van der Waals surface area (Å²) in [5, 5.41) is 17.2. The zero-order chi connectivity index (χ0) is 32.4. The van der Waals surface area contributed by atoms with Gasteiger partial charge in [-0.25, -0.2) is 0 Å². The maximum atomic E-state index is 12.1. The maximum absolute atomic E-state index is 12.1. The van der Waals surface area contributed by atoms with Crippen LogP contribution in [0.3, 0.4) is 0 Å². The van der Waals surface area contributed by atoms with Gasteiger partial charge in [-0.15, -0.1) is 0 Å². The Labute approximate surface area is 371 Å². The van der Waals surface area contributed by atoms with E-state index in [1.54, 1.807) is 0 Å². The second kappa shape index (κ2) is 26.7. The molecule has 5 rings (SSSR count). The molecule has 0 bridgehead atoms. The number of carboxylic acid groups (broad SMARTS) is 1. The van der Waals surface area contributed by atoms with Gasteiger partial charge in [-0.1, -0.05) is 75.9 Å². The largest absolute Gasteiger partial charge is 1.00 e. The molecule has 3 aromatic carbocycles. The van der Waals surface area contributed by atoms with E-state index in [0.717, 1.165) is 53.9 Å². The number of ether oxygens (including phenoxy) is 3. The summed E-state index contributed by atoms with van der Waals surface area (Å²) < 4.78 is 17.1. The van der Waals surface area contributed by atoms with Crippen molar-refractivity contribution in [3.8, 4) is 11.5 Å². The van der Waals surface area contributed by atoms with Crippen molar-refractivity contribution in [2.45, 2.75) is 103 Å². The van der Waals surface area contributed by atoms with Crippen LogP contribution in [0.2, 0.25) is 0 Å². The quantitative estimate of drug-likeness (QED) is 0.0914. The van der Waals surface area contributed by atoms with Crippen LogP contribution in [-0.2, 0) is 30.6 Å². The number of hydrogen-bond donors (Lipinski definition) is 1. The summed E-state index contributed by atoms with van der Waals surface area (Å²) in [4.78, 5) is 34.0. The summed E-state index contributed by atoms with van der Waals surface area (Å²) in [5.74, 6) is 0.973. The van der Waals surface area contributed by atoms with E-state index < -0.39 is 5.97 Å². The number of benzene rings is 3. The maximum Gasteiger partial charge on any atom is 1.00 e. The second-order valence-electron chi connectivity index (χ2n) is 11.4. The molecule has 11 heteroatoms. The average Bonchev–Trinajstić information content (AvgIpc) is 3.01. The number of aliphatic carboxylic acids is 1. The van der Waals surface area contributed by atoms with E-state index in [-0.39, 0.29) is 142 Å². The standard InChI is InChI=1S/C21H24O3.C14H18O3.CH2O3.CH4.2K.H/c1-16(13-21(22)23-15-17-7-3-2-4-8-17)18-9-5-12-20(14-18)24-19-10-6-11-19;1-10(8-14(15)16)11-4-2-7-13(9-11)17-12-5-3-6-12;2-1-4-3;;;;/h2-5,7-9,12,14,16,19H,6,10-11,13,15H2,1H3;2,4,7,9-10,12H,3,5-6,8H2,1H3,(H,15,16);1,3H;1H4;;;/q;;;;2*+1;-1/p-1. The molecule has 2 aliphatic carbocycles. The van der Waals surface area contributed by atoms with Crippen molar-refractivity contribution in [2.75, 3.05) is 0 Å². The van der Waals surface area contributed by atoms with Crippen LogP contribution in [0.25, 0.3) is 0 Å². The summed E-state index contributed by atoms with van der Waals surface area (Å²) in [6, 6.07) is 25.6. The fraction of sp³-hybridized carbons (Fsp3) is 0.432. The van der Waals surface area contributed by atoms with Gasteiger partial charge >= 0.3 is 115 Å². The second-order valence-corrected chi connectivity index (χ2v) is 11.4. The third-order valence-electron chi connectivity index (χ3n) is 7.80. The van der Waals surface area contributed by atoms with E-state index >= 15 is 0 Å². The molecule has 0 aliphatic heterocycles. The molecule has 2 unspecified atom stereocenters. The van der Waals surface area contributed by atoms with E-state index in [9.17, 15) is 9.59 Å². The van der Waals surface area contributed by atoms with Crippen molar-refractivity contribution in [3.05, 3.63) is 95.6 Å². The predicted octanol–water partition coefficient (Wildman–Crippen LogP) is 1.24. The molecule has 9 nitrogen and oxygen atoms in total. The number of esters is 1. The van der Waals surface area contributed by atoms with Gasteiger partial charge in [-0.05, 0) is 91.3 Å². The van der Waals surface area contributed by atoms with Gasteiger partial charge in [0.15, 0.2) is 0 Å². The van der Waals surface area contributed by atoms with Crippen LogP contribution >= 0.6 is 0 Å². The first kappa shape index (κ1) is 46.9. The number of rotatable bonds is 13. The Morgan fingerprint density at radius 2 is 1.27 bits per heavy atom. The third-order valence-corrected chi connectivity index (χ3v) is 7.80. The van der Waals surface area contributed by atoms with Gasteiger partial charge in [-0.2, -0.15) is 0 Å². The topological polar surface area (TPSA) is 131 Å². The fourth-order valence-electron chi connectivity index (χ4n) is 4.70.